The van der Waals surface area contributed by atoms with Crippen molar-refractivity contribution in [3.63, 3.8) is 0 Å². The van der Waals surface area contributed by atoms with E-state index in [1.807, 2.05) is 38.2 Å². The van der Waals surface area contributed by atoms with Gasteiger partial charge in [-0.3, -0.25) is 9.48 Å². The Labute approximate surface area is 179 Å². The van der Waals surface area contributed by atoms with Crippen LogP contribution in [-0.4, -0.2) is 22.9 Å². The number of fused-ring (bicyclic) bond motifs is 1. The molecule has 0 N–H and O–H groups in total. The highest BCUT2D eigenvalue weighted by Gasteiger charge is 2.40. The van der Waals surface area contributed by atoms with Gasteiger partial charge in [-0.15, -0.1) is 0 Å². The Morgan fingerprint density at radius 1 is 1.03 bits per heavy atom. The first-order valence-corrected chi connectivity index (χ1v) is 11.1. The molecular formula is C26H32N2O2. The summed E-state index contributed by atoms with van der Waals surface area (Å²) in [5, 5.41) is 5.91. The van der Waals surface area contributed by atoms with E-state index in [2.05, 4.69) is 35.0 Å². The predicted octanol–water partition coefficient (Wildman–Crippen LogP) is 6.26. The summed E-state index contributed by atoms with van der Waals surface area (Å²) < 4.78 is 7.40. The monoisotopic (exact) mass is 404 g/mol. The fraction of sp³-hybridized carbons (Fsp3) is 0.462. The van der Waals surface area contributed by atoms with Crippen molar-refractivity contribution in [1.82, 2.24) is 9.78 Å². The number of carbonyl (C=O) groups is 1. The van der Waals surface area contributed by atoms with Gasteiger partial charge in [0, 0.05) is 11.3 Å². The van der Waals surface area contributed by atoms with Crippen LogP contribution in [0.25, 0.3) is 10.9 Å². The molecule has 3 aromatic rings. The molecule has 1 aliphatic carbocycles. The SMILES string of the molecule is COC(=O)C(C)(C)C(c1ccccc1)c1ccc2c(cnn2C2CCCCCC2)c1. The quantitative estimate of drug-likeness (QED) is 0.372. The number of nitrogens with zero attached hydrogens (tertiary/aromatic N) is 2. The molecule has 1 fully saturated rings. The first-order valence-electron chi connectivity index (χ1n) is 11.1. The van der Waals surface area contributed by atoms with Crippen LogP contribution >= 0.6 is 0 Å². The Bertz CT molecular complexity index is 998. The lowest BCUT2D eigenvalue weighted by Crippen LogP contribution is -2.33. The zero-order valence-corrected chi connectivity index (χ0v) is 18.3. The van der Waals surface area contributed by atoms with Crippen LogP contribution < -0.4 is 0 Å². The summed E-state index contributed by atoms with van der Waals surface area (Å²) in [6.07, 6.45) is 9.64. The van der Waals surface area contributed by atoms with Crippen molar-refractivity contribution >= 4 is 16.9 Å². The fourth-order valence-electron chi connectivity index (χ4n) is 5.10. The van der Waals surface area contributed by atoms with Crippen LogP contribution in [0.5, 0.6) is 0 Å². The summed E-state index contributed by atoms with van der Waals surface area (Å²) in [6.45, 7) is 3.94. The number of carbonyl (C=O) groups excluding carboxylic acids is 1. The summed E-state index contributed by atoms with van der Waals surface area (Å²) in [7, 11) is 1.46. The third kappa shape index (κ3) is 3.88. The molecule has 1 aromatic heterocycles. The number of aromatic nitrogens is 2. The van der Waals surface area contributed by atoms with Gasteiger partial charge in [0.15, 0.2) is 0 Å². The second-order valence-corrected chi connectivity index (χ2v) is 9.11. The lowest BCUT2D eigenvalue weighted by atomic mass is 9.71. The van der Waals surface area contributed by atoms with Crippen LogP contribution in [0.4, 0.5) is 0 Å². The summed E-state index contributed by atoms with van der Waals surface area (Å²) in [5.41, 5.74) is 2.72. The minimum atomic E-state index is -0.693. The summed E-state index contributed by atoms with van der Waals surface area (Å²) in [4.78, 5) is 12.7. The van der Waals surface area contributed by atoms with E-state index in [4.69, 9.17) is 9.84 Å². The van der Waals surface area contributed by atoms with E-state index >= 15 is 0 Å². The van der Waals surface area contributed by atoms with Crippen molar-refractivity contribution in [3.8, 4) is 0 Å². The number of ether oxygens (including phenoxy) is 1. The summed E-state index contributed by atoms with van der Waals surface area (Å²) in [5.74, 6) is -0.303. The van der Waals surface area contributed by atoms with Crippen LogP contribution in [0.1, 0.15) is 75.5 Å². The van der Waals surface area contributed by atoms with Crippen LogP contribution in [0.3, 0.4) is 0 Å². The Balaban J connectivity index is 1.76. The van der Waals surface area contributed by atoms with E-state index < -0.39 is 5.41 Å². The van der Waals surface area contributed by atoms with Gasteiger partial charge in [0.1, 0.15) is 0 Å². The minimum absolute atomic E-state index is 0.100. The van der Waals surface area contributed by atoms with Gasteiger partial charge in [0.25, 0.3) is 0 Å². The maximum absolute atomic E-state index is 12.7. The zero-order valence-electron chi connectivity index (χ0n) is 18.3. The Hall–Kier alpha value is -2.62. The molecule has 1 atom stereocenters. The second-order valence-electron chi connectivity index (χ2n) is 9.11. The Morgan fingerprint density at radius 3 is 2.40 bits per heavy atom. The van der Waals surface area contributed by atoms with Crippen LogP contribution in [0, 0.1) is 5.41 Å². The summed E-state index contributed by atoms with van der Waals surface area (Å²) in [6, 6.07) is 17.3. The number of rotatable bonds is 5. The molecule has 4 heteroatoms. The molecule has 1 heterocycles. The molecule has 1 unspecified atom stereocenters. The van der Waals surface area contributed by atoms with Crippen molar-refractivity contribution in [2.24, 2.45) is 5.41 Å². The van der Waals surface area contributed by atoms with Crippen LogP contribution in [0.15, 0.2) is 54.7 Å². The molecule has 1 aliphatic rings. The summed E-state index contributed by atoms with van der Waals surface area (Å²) >= 11 is 0. The molecule has 0 spiro atoms. The van der Waals surface area contributed by atoms with E-state index in [1.165, 1.54) is 51.2 Å². The van der Waals surface area contributed by atoms with Crippen LogP contribution in [-0.2, 0) is 9.53 Å². The average Bonchev–Trinajstić information content (AvgIpc) is 2.99. The molecule has 4 rings (SSSR count). The first kappa shape index (κ1) is 20.6. The first-order chi connectivity index (χ1) is 14.5. The van der Waals surface area contributed by atoms with Gasteiger partial charge >= 0.3 is 5.97 Å². The maximum Gasteiger partial charge on any atom is 0.312 e. The van der Waals surface area contributed by atoms with Crippen molar-refractivity contribution in [2.75, 3.05) is 7.11 Å². The standard InChI is InChI=1S/C26H32N2O2/c1-26(2,25(29)30-3)24(19-11-7-6-8-12-19)20-15-16-23-21(17-20)18-27-28(23)22-13-9-4-5-10-14-22/h6-8,11-12,15-18,22,24H,4-5,9-10,13-14H2,1-3H3. The van der Waals surface area contributed by atoms with Crippen molar-refractivity contribution in [3.05, 3.63) is 65.9 Å². The van der Waals surface area contributed by atoms with Gasteiger partial charge in [-0.1, -0.05) is 62.1 Å². The normalized spacial score (nSPS) is 16.9. The topological polar surface area (TPSA) is 44.1 Å². The second kappa shape index (κ2) is 8.63. The molecule has 30 heavy (non-hydrogen) atoms. The molecule has 0 radical (unpaired) electrons. The van der Waals surface area contributed by atoms with Crippen LogP contribution in [0.2, 0.25) is 0 Å². The number of esters is 1. The highest BCUT2D eigenvalue weighted by Crippen LogP contribution is 2.42. The molecular weight excluding hydrogens is 372 g/mol. The number of methoxy groups -OCH3 is 1. The zero-order chi connectivity index (χ0) is 21.1. The molecule has 158 valence electrons. The molecule has 0 bridgehead atoms. The molecule has 4 nitrogen and oxygen atoms in total. The van der Waals surface area contributed by atoms with E-state index in [-0.39, 0.29) is 11.9 Å². The van der Waals surface area contributed by atoms with Crippen molar-refractivity contribution in [1.29, 1.82) is 0 Å². The molecule has 2 aromatic carbocycles. The number of benzene rings is 2. The average molecular weight is 405 g/mol. The third-order valence-corrected chi connectivity index (χ3v) is 6.69. The van der Waals surface area contributed by atoms with Gasteiger partial charge in [-0.05, 0) is 49.9 Å². The van der Waals surface area contributed by atoms with E-state index in [1.54, 1.807) is 0 Å². The lowest BCUT2D eigenvalue weighted by molar-refractivity contribution is -0.151. The number of hydrogen-bond donors (Lipinski definition) is 0. The van der Waals surface area contributed by atoms with Gasteiger partial charge in [-0.2, -0.15) is 5.10 Å². The fourth-order valence-corrected chi connectivity index (χ4v) is 5.10. The largest absolute Gasteiger partial charge is 0.469 e. The van der Waals surface area contributed by atoms with E-state index in [0.717, 1.165) is 16.5 Å². The van der Waals surface area contributed by atoms with Gasteiger partial charge in [0.2, 0.25) is 0 Å². The van der Waals surface area contributed by atoms with Gasteiger partial charge < -0.3 is 4.74 Å². The van der Waals surface area contributed by atoms with Crippen molar-refractivity contribution < 1.29 is 9.53 Å². The maximum atomic E-state index is 12.7. The minimum Gasteiger partial charge on any atom is -0.469 e. The highest BCUT2D eigenvalue weighted by atomic mass is 16.5. The smallest absolute Gasteiger partial charge is 0.312 e. The molecule has 0 aliphatic heterocycles. The lowest BCUT2D eigenvalue weighted by Gasteiger charge is -2.32. The highest BCUT2D eigenvalue weighted by molar-refractivity contribution is 5.82. The third-order valence-electron chi connectivity index (χ3n) is 6.69. The van der Waals surface area contributed by atoms with E-state index in [0.29, 0.717) is 6.04 Å². The molecule has 0 saturated heterocycles. The Kier molecular flexibility index (Phi) is 5.94. The van der Waals surface area contributed by atoms with Crippen molar-refractivity contribution in [2.45, 2.75) is 64.3 Å². The van der Waals surface area contributed by atoms with E-state index in [9.17, 15) is 4.79 Å². The molecule has 0 amide bonds. The molecule has 1 saturated carbocycles. The predicted molar refractivity (Wildman–Crippen MR) is 121 cm³/mol. The van der Waals surface area contributed by atoms with Gasteiger partial charge in [-0.25, -0.2) is 0 Å². The Morgan fingerprint density at radius 2 is 1.73 bits per heavy atom. The number of hydrogen-bond acceptors (Lipinski definition) is 3. The van der Waals surface area contributed by atoms with Gasteiger partial charge in [0.05, 0.1) is 30.3 Å².